The van der Waals surface area contributed by atoms with Crippen molar-refractivity contribution in [3.63, 3.8) is 0 Å². The Kier molecular flexibility index (Phi) is 7.44. The zero-order valence-corrected chi connectivity index (χ0v) is 16.3. The molecule has 0 atom stereocenters. The monoisotopic (exact) mass is 378 g/mol. The molecule has 0 bridgehead atoms. The minimum absolute atomic E-state index is 0.375. The Labute approximate surface area is 161 Å². The molecule has 1 saturated carbocycles. The summed E-state index contributed by atoms with van der Waals surface area (Å²) >= 11 is 0. The first kappa shape index (κ1) is 20.1. The Morgan fingerprint density at radius 3 is 2.59 bits per heavy atom. The molecule has 27 heavy (non-hydrogen) atoms. The van der Waals surface area contributed by atoms with Crippen LogP contribution in [0.25, 0.3) is 0 Å². The van der Waals surface area contributed by atoms with E-state index < -0.39 is 11.6 Å². The first-order chi connectivity index (χ1) is 13.2. The maximum Gasteiger partial charge on any atom is 0.191 e. The van der Waals surface area contributed by atoms with Gasteiger partial charge in [0, 0.05) is 38.3 Å². The fourth-order valence-electron chi connectivity index (χ4n) is 4.22. The SMILES string of the molecule is CCNC(=NCCc1cccc(F)c1F)NC1CCN(C2CCCC2)CC1. The van der Waals surface area contributed by atoms with Gasteiger partial charge in [-0.25, -0.2) is 8.78 Å². The van der Waals surface area contributed by atoms with Crippen LogP contribution >= 0.6 is 0 Å². The molecule has 1 aromatic rings. The second-order valence-corrected chi connectivity index (χ2v) is 7.62. The lowest BCUT2D eigenvalue weighted by atomic mass is 10.0. The van der Waals surface area contributed by atoms with Crippen molar-refractivity contribution in [3.8, 4) is 0 Å². The molecule has 2 aliphatic rings. The third-order valence-corrected chi connectivity index (χ3v) is 5.74. The van der Waals surface area contributed by atoms with Crippen molar-refractivity contribution in [1.82, 2.24) is 15.5 Å². The van der Waals surface area contributed by atoms with Gasteiger partial charge in [-0.1, -0.05) is 25.0 Å². The van der Waals surface area contributed by atoms with E-state index in [-0.39, 0.29) is 0 Å². The second-order valence-electron chi connectivity index (χ2n) is 7.62. The van der Waals surface area contributed by atoms with Crippen LogP contribution in [0.4, 0.5) is 8.78 Å². The zero-order chi connectivity index (χ0) is 19.1. The highest BCUT2D eigenvalue weighted by atomic mass is 19.2. The van der Waals surface area contributed by atoms with Gasteiger partial charge in [0.25, 0.3) is 0 Å². The zero-order valence-electron chi connectivity index (χ0n) is 16.3. The smallest absolute Gasteiger partial charge is 0.191 e. The van der Waals surface area contributed by atoms with Crippen LogP contribution in [0.3, 0.4) is 0 Å². The van der Waals surface area contributed by atoms with Gasteiger partial charge in [0.1, 0.15) is 0 Å². The van der Waals surface area contributed by atoms with Gasteiger partial charge in [-0.2, -0.15) is 0 Å². The van der Waals surface area contributed by atoms with Crippen molar-refractivity contribution >= 4 is 5.96 Å². The van der Waals surface area contributed by atoms with Crippen molar-refractivity contribution < 1.29 is 8.78 Å². The Morgan fingerprint density at radius 2 is 1.89 bits per heavy atom. The summed E-state index contributed by atoms with van der Waals surface area (Å²) in [6.07, 6.45) is 8.12. The molecule has 0 aromatic heterocycles. The van der Waals surface area contributed by atoms with Crippen LogP contribution in [0, 0.1) is 11.6 Å². The van der Waals surface area contributed by atoms with Gasteiger partial charge in [-0.3, -0.25) is 4.99 Å². The Morgan fingerprint density at radius 1 is 1.15 bits per heavy atom. The van der Waals surface area contributed by atoms with E-state index in [4.69, 9.17) is 0 Å². The van der Waals surface area contributed by atoms with Crippen molar-refractivity contribution in [2.75, 3.05) is 26.2 Å². The van der Waals surface area contributed by atoms with Gasteiger partial charge in [0.05, 0.1) is 0 Å². The Hall–Kier alpha value is -1.69. The summed E-state index contributed by atoms with van der Waals surface area (Å²) in [5.41, 5.74) is 0.375. The summed E-state index contributed by atoms with van der Waals surface area (Å²) in [4.78, 5) is 7.22. The Balaban J connectivity index is 1.48. The standard InChI is InChI=1S/C21H32F2N4/c1-2-24-21(25-13-10-16-6-5-9-19(22)20(16)23)26-17-11-14-27(15-12-17)18-7-3-4-8-18/h5-6,9,17-18H,2-4,7-8,10-15H2,1H3,(H2,24,25,26). The molecule has 6 heteroatoms. The van der Waals surface area contributed by atoms with Crippen LogP contribution in [0.1, 0.15) is 51.0 Å². The molecule has 0 spiro atoms. The summed E-state index contributed by atoms with van der Waals surface area (Å²) in [5.74, 6) is -0.783. The van der Waals surface area contributed by atoms with Crippen LogP contribution in [0.2, 0.25) is 0 Å². The number of likely N-dealkylation sites (tertiary alicyclic amines) is 1. The highest BCUT2D eigenvalue weighted by Crippen LogP contribution is 2.26. The number of benzene rings is 1. The quantitative estimate of drug-likeness (QED) is 0.588. The maximum absolute atomic E-state index is 13.8. The number of aliphatic imine (C=N–C) groups is 1. The van der Waals surface area contributed by atoms with E-state index in [1.165, 1.54) is 25.7 Å². The predicted octanol–water partition coefficient (Wildman–Crippen LogP) is 3.47. The predicted molar refractivity (Wildman–Crippen MR) is 106 cm³/mol. The van der Waals surface area contributed by atoms with Gasteiger partial charge >= 0.3 is 0 Å². The fourth-order valence-corrected chi connectivity index (χ4v) is 4.22. The first-order valence-corrected chi connectivity index (χ1v) is 10.4. The molecule has 2 N–H and O–H groups in total. The number of nitrogens with one attached hydrogen (secondary N) is 2. The van der Waals surface area contributed by atoms with Crippen LogP contribution in [0.15, 0.2) is 23.2 Å². The van der Waals surface area contributed by atoms with Crippen LogP contribution in [0.5, 0.6) is 0 Å². The summed E-state index contributed by atoms with van der Waals surface area (Å²) in [6.45, 7) is 5.54. The van der Waals surface area contributed by atoms with E-state index >= 15 is 0 Å². The molecule has 1 saturated heterocycles. The van der Waals surface area contributed by atoms with Gasteiger partial charge in [0.2, 0.25) is 0 Å². The van der Waals surface area contributed by atoms with Crippen molar-refractivity contribution in [2.45, 2.75) is 64.0 Å². The normalized spacial score (nSPS) is 20.2. The largest absolute Gasteiger partial charge is 0.357 e. The van der Waals surface area contributed by atoms with Crippen molar-refractivity contribution in [3.05, 3.63) is 35.4 Å². The number of nitrogens with zero attached hydrogens (tertiary/aromatic N) is 2. The molecule has 0 unspecified atom stereocenters. The third kappa shape index (κ3) is 5.64. The summed E-state index contributed by atoms with van der Waals surface area (Å²) in [5, 5.41) is 6.79. The minimum atomic E-state index is -0.796. The Bertz CT molecular complexity index is 621. The summed E-state index contributed by atoms with van der Waals surface area (Å²) in [6, 6.07) is 5.53. The first-order valence-electron chi connectivity index (χ1n) is 10.4. The van der Waals surface area contributed by atoms with Gasteiger partial charge in [0.15, 0.2) is 17.6 Å². The van der Waals surface area contributed by atoms with E-state index in [1.54, 1.807) is 12.1 Å². The highest BCUT2D eigenvalue weighted by Gasteiger charge is 2.27. The van der Waals surface area contributed by atoms with E-state index in [0.717, 1.165) is 50.5 Å². The lowest BCUT2D eigenvalue weighted by Crippen LogP contribution is -2.50. The molecule has 150 valence electrons. The number of piperidine rings is 1. The molecule has 1 aliphatic carbocycles. The van der Waals surface area contributed by atoms with E-state index in [1.807, 2.05) is 6.92 Å². The third-order valence-electron chi connectivity index (χ3n) is 5.74. The van der Waals surface area contributed by atoms with E-state index in [2.05, 4.69) is 20.5 Å². The van der Waals surface area contributed by atoms with Crippen molar-refractivity contribution in [1.29, 1.82) is 0 Å². The average Bonchev–Trinajstić information content (AvgIpc) is 3.21. The fraction of sp³-hybridized carbons (Fsp3) is 0.667. The number of halogens is 2. The second kappa shape index (κ2) is 10.0. The van der Waals surface area contributed by atoms with Crippen LogP contribution in [-0.2, 0) is 6.42 Å². The number of rotatable bonds is 6. The van der Waals surface area contributed by atoms with E-state index in [9.17, 15) is 8.78 Å². The molecule has 1 aromatic carbocycles. The molecule has 3 rings (SSSR count). The molecule has 0 radical (unpaired) electrons. The number of hydrogen-bond acceptors (Lipinski definition) is 2. The molecule has 1 aliphatic heterocycles. The lowest BCUT2D eigenvalue weighted by Gasteiger charge is -2.36. The lowest BCUT2D eigenvalue weighted by molar-refractivity contribution is 0.150. The van der Waals surface area contributed by atoms with Gasteiger partial charge in [-0.05, 0) is 50.7 Å². The molecule has 4 nitrogen and oxygen atoms in total. The van der Waals surface area contributed by atoms with Gasteiger partial charge in [-0.15, -0.1) is 0 Å². The molecule has 2 fully saturated rings. The maximum atomic E-state index is 13.8. The van der Waals surface area contributed by atoms with E-state index in [0.29, 0.717) is 24.6 Å². The molecular weight excluding hydrogens is 346 g/mol. The number of hydrogen-bond donors (Lipinski definition) is 2. The average molecular weight is 379 g/mol. The minimum Gasteiger partial charge on any atom is -0.357 e. The highest BCUT2D eigenvalue weighted by molar-refractivity contribution is 5.80. The number of guanidine groups is 1. The van der Waals surface area contributed by atoms with Crippen LogP contribution < -0.4 is 10.6 Å². The summed E-state index contributed by atoms with van der Waals surface area (Å²) in [7, 11) is 0. The topological polar surface area (TPSA) is 39.7 Å². The summed E-state index contributed by atoms with van der Waals surface area (Å²) < 4.78 is 27.1. The molecular formula is C21H32F2N4. The van der Waals surface area contributed by atoms with Crippen LogP contribution in [-0.4, -0.2) is 49.1 Å². The van der Waals surface area contributed by atoms with Gasteiger partial charge < -0.3 is 15.5 Å². The molecule has 0 amide bonds. The molecule has 1 heterocycles. The van der Waals surface area contributed by atoms with Crippen molar-refractivity contribution in [2.24, 2.45) is 4.99 Å².